The molecule has 0 unspecified atom stereocenters. The van der Waals surface area contributed by atoms with E-state index in [2.05, 4.69) is 26.1 Å². The lowest BCUT2D eigenvalue weighted by Gasteiger charge is -2.41. The van der Waals surface area contributed by atoms with Gasteiger partial charge in [0.1, 0.15) is 5.82 Å². The van der Waals surface area contributed by atoms with Crippen molar-refractivity contribution in [1.29, 1.82) is 0 Å². The smallest absolute Gasteiger partial charge is 0.151 e. The molecule has 4 nitrogen and oxygen atoms in total. The van der Waals surface area contributed by atoms with Crippen LogP contribution in [0.25, 0.3) is 0 Å². The predicted octanol–water partition coefficient (Wildman–Crippen LogP) is 4.07. The van der Waals surface area contributed by atoms with Crippen molar-refractivity contribution in [3.63, 3.8) is 0 Å². The molecule has 1 spiro atoms. The van der Waals surface area contributed by atoms with Crippen LogP contribution in [0.2, 0.25) is 5.02 Å². The zero-order valence-corrected chi connectivity index (χ0v) is 15.8. The summed E-state index contributed by atoms with van der Waals surface area (Å²) in [5.41, 5.74) is 2.24. The third-order valence-electron chi connectivity index (χ3n) is 5.68. The van der Waals surface area contributed by atoms with Crippen molar-refractivity contribution in [2.24, 2.45) is 5.41 Å². The average molecular weight is 375 g/mol. The molecule has 1 atom stereocenters. The van der Waals surface area contributed by atoms with Gasteiger partial charge in [0.2, 0.25) is 0 Å². The summed E-state index contributed by atoms with van der Waals surface area (Å²) in [7, 11) is 0. The van der Waals surface area contributed by atoms with Gasteiger partial charge in [0.05, 0.1) is 10.7 Å². The highest BCUT2D eigenvalue weighted by Gasteiger charge is 2.41. The van der Waals surface area contributed by atoms with E-state index in [4.69, 9.17) is 11.6 Å². The Bertz CT molecular complexity index is 782. The van der Waals surface area contributed by atoms with Crippen LogP contribution in [0.4, 0.5) is 10.2 Å². The normalized spacial score (nSPS) is 23.7. The molecule has 0 aliphatic carbocycles. The minimum Gasteiger partial charge on any atom is -0.355 e. The van der Waals surface area contributed by atoms with E-state index in [1.807, 2.05) is 19.1 Å². The molecule has 0 N–H and O–H groups in total. The highest BCUT2D eigenvalue weighted by Crippen LogP contribution is 2.40. The fraction of sp³-hybridized carbons (Fsp3) is 0.500. The number of aromatic nitrogens is 2. The van der Waals surface area contributed by atoms with Gasteiger partial charge in [-0.2, -0.15) is 5.10 Å². The van der Waals surface area contributed by atoms with Crippen LogP contribution in [-0.2, 0) is 6.54 Å². The number of hydrogen-bond acceptors (Lipinski definition) is 4. The van der Waals surface area contributed by atoms with Gasteiger partial charge in [-0.3, -0.25) is 4.90 Å². The summed E-state index contributed by atoms with van der Waals surface area (Å²) in [4.78, 5) is 4.81. The van der Waals surface area contributed by atoms with Crippen molar-refractivity contribution in [3.05, 3.63) is 52.4 Å². The average Bonchev–Trinajstić information content (AvgIpc) is 3.00. The Kier molecular flexibility index (Phi) is 4.84. The van der Waals surface area contributed by atoms with Crippen LogP contribution in [-0.4, -0.2) is 41.3 Å². The van der Waals surface area contributed by atoms with E-state index in [1.54, 1.807) is 12.1 Å². The molecule has 0 saturated carbocycles. The maximum atomic E-state index is 13.7. The monoisotopic (exact) mass is 374 g/mol. The van der Waals surface area contributed by atoms with Crippen LogP contribution in [0.15, 0.2) is 30.3 Å². The van der Waals surface area contributed by atoms with Gasteiger partial charge in [-0.05, 0) is 62.6 Å². The van der Waals surface area contributed by atoms with E-state index in [-0.39, 0.29) is 10.8 Å². The van der Waals surface area contributed by atoms with Crippen molar-refractivity contribution in [1.82, 2.24) is 15.1 Å². The van der Waals surface area contributed by atoms with Crippen molar-refractivity contribution in [3.8, 4) is 0 Å². The van der Waals surface area contributed by atoms with Gasteiger partial charge < -0.3 is 4.90 Å². The number of anilines is 1. The Hall–Kier alpha value is -1.72. The lowest BCUT2D eigenvalue weighted by molar-refractivity contribution is 0.216. The number of likely N-dealkylation sites (tertiary alicyclic amines) is 1. The maximum absolute atomic E-state index is 13.7. The number of piperidine rings is 1. The molecular weight excluding hydrogens is 351 g/mol. The lowest BCUT2D eigenvalue weighted by Crippen LogP contribution is -2.45. The number of aryl methyl sites for hydroxylation is 1. The summed E-state index contributed by atoms with van der Waals surface area (Å²) >= 11 is 5.79. The molecule has 0 radical (unpaired) electrons. The second kappa shape index (κ2) is 7.12. The summed E-state index contributed by atoms with van der Waals surface area (Å²) in [6, 6.07) is 9.23. The summed E-state index contributed by atoms with van der Waals surface area (Å²) in [6.07, 6.45) is 3.60. The van der Waals surface area contributed by atoms with Gasteiger partial charge in [-0.15, -0.1) is 5.10 Å². The molecule has 138 valence electrons. The molecule has 1 aromatic heterocycles. The van der Waals surface area contributed by atoms with E-state index in [0.717, 1.165) is 49.8 Å². The second-order valence-corrected chi connectivity index (χ2v) is 8.17. The van der Waals surface area contributed by atoms with Crippen LogP contribution >= 0.6 is 11.6 Å². The Morgan fingerprint density at radius 1 is 1.12 bits per heavy atom. The first kappa shape index (κ1) is 17.7. The van der Waals surface area contributed by atoms with Crippen LogP contribution in [0.5, 0.6) is 0 Å². The van der Waals surface area contributed by atoms with E-state index in [0.29, 0.717) is 5.41 Å². The molecule has 1 aromatic carbocycles. The van der Waals surface area contributed by atoms with Gasteiger partial charge in [0.25, 0.3) is 0 Å². The number of halogens is 2. The quantitative estimate of drug-likeness (QED) is 0.810. The van der Waals surface area contributed by atoms with Crippen LogP contribution in [0.1, 0.15) is 30.5 Å². The van der Waals surface area contributed by atoms with Crippen LogP contribution < -0.4 is 4.90 Å². The summed E-state index contributed by atoms with van der Waals surface area (Å²) in [5, 5.41) is 8.77. The Morgan fingerprint density at radius 3 is 2.77 bits per heavy atom. The van der Waals surface area contributed by atoms with E-state index >= 15 is 0 Å². The lowest BCUT2D eigenvalue weighted by atomic mass is 9.79. The van der Waals surface area contributed by atoms with Crippen molar-refractivity contribution >= 4 is 17.4 Å². The van der Waals surface area contributed by atoms with E-state index in [9.17, 15) is 4.39 Å². The van der Waals surface area contributed by atoms with Gasteiger partial charge >= 0.3 is 0 Å². The fourth-order valence-electron chi connectivity index (χ4n) is 4.36. The standard InChI is InChI=1S/C20H24ClFN4/c1-15-3-6-19(24-23-15)26-9-2-7-20(14-26)8-10-25(13-20)12-16-4-5-17(21)18(22)11-16/h3-6,11H,2,7-10,12-14H2,1H3/t20-/m1/s1. The highest BCUT2D eigenvalue weighted by atomic mass is 35.5. The SMILES string of the molecule is Cc1ccc(N2CCC[C@]3(CCN(Cc4ccc(Cl)c(F)c4)C3)C2)nn1. The largest absolute Gasteiger partial charge is 0.355 e. The van der Waals surface area contributed by atoms with Crippen molar-refractivity contribution in [2.75, 3.05) is 31.1 Å². The number of nitrogens with zero attached hydrogens (tertiary/aromatic N) is 4. The maximum Gasteiger partial charge on any atom is 0.151 e. The molecule has 0 amide bonds. The highest BCUT2D eigenvalue weighted by molar-refractivity contribution is 6.30. The molecule has 2 saturated heterocycles. The molecule has 0 bridgehead atoms. The molecule has 2 aliphatic rings. The van der Waals surface area contributed by atoms with Crippen molar-refractivity contribution in [2.45, 2.75) is 32.7 Å². The van der Waals surface area contributed by atoms with Gasteiger partial charge in [0.15, 0.2) is 5.82 Å². The summed E-state index contributed by atoms with van der Waals surface area (Å²) in [5.74, 6) is 0.646. The van der Waals surface area contributed by atoms with Gasteiger partial charge in [-0.25, -0.2) is 4.39 Å². The zero-order chi connectivity index (χ0) is 18.1. The van der Waals surface area contributed by atoms with Gasteiger partial charge in [0, 0.05) is 31.6 Å². The third kappa shape index (κ3) is 3.69. The number of hydrogen-bond donors (Lipinski definition) is 0. The van der Waals surface area contributed by atoms with Crippen LogP contribution in [0.3, 0.4) is 0 Å². The second-order valence-electron chi connectivity index (χ2n) is 7.77. The molecule has 2 aliphatic heterocycles. The minimum atomic E-state index is -0.333. The molecule has 26 heavy (non-hydrogen) atoms. The molecule has 4 rings (SSSR count). The van der Waals surface area contributed by atoms with E-state index in [1.165, 1.54) is 19.3 Å². The zero-order valence-electron chi connectivity index (χ0n) is 15.1. The first-order valence-corrected chi connectivity index (χ1v) is 9.62. The summed E-state index contributed by atoms with van der Waals surface area (Å²) < 4.78 is 13.7. The first-order valence-electron chi connectivity index (χ1n) is 9.25. The first-order chi connectivity index (χ1) is 12.5. The number of benzene rings is 1. The predicted molar refractivity (Wildman–Crippen MR) is 102 cm³/mol. The molecule has 2 aromatic rings. The molecule has 6 heteroatoms. The molecule has 2 fully saturated rings. The molecule has 3 heterocycles. The third-order valence-corrected chi connectivity index (χ3v) is 5.98. The molecular formula is C20H24ClFN4. The minimum absolute atomic E-state index is 0.189. The Morgan fingerprint density at radius 2 is 2.00 bits per heavy atom. The number of rotatable bonds is 3. The van der Waals surface area contributed by atoms with Gasteiger partial charge in [-0.1, -0.05) is 17.7 Å². The van der Waals surface area contributed by atoms with E-state index < -0.39 is 0 Å². The summed E-state index contributed by atoms with van der Waals surface area (Å²) in [6.45, 7) is 6.91. The fourth-order valence-corrected chi connectivity index (χ4v) is 4.47. The topological polar surface area (TPSA) is 32.3 Å². The van der Waals surface area contributed by atoms with Crippen LogP contribution in [0, 0.1) is 18.2 Å². The Balaban J connectivity index is 1.42. The van der Waals surface area contributed by atoms with Crippen molar-refractivity contribution < 1.29 is 4.39 Å². The Labute approximate surface area is 159 Å².